The van der Waals surface area contributed by atoms with Gasteiger partial charge in [-0.3, -0.25) is 14.8 Å². The van der Waals surface area contributed by atoms with Crippen LogP contribution in [0.3, 0.4) is 0 Å². The van der Waals surface area contributed by atoms with E-state index in [1.165, 1.54) is 28.0 Å². The molecule has 0 aromatic carbocycles. The Bertz CT molecular complexity index is 522. The molecule has 2 aromatic heterocycles. The van der Waals surface area contributed by atoms with Gasteiger partial charge in [0, 0.05) is 6.20 Å². The van der Waals surface area contributed by atoms with Crippen LogP contribution in [0.4, 0.5) is 5.69 Å². The number of hydrogen-bond donors (Lipinski definition) is 1. The molecule has 17 heavy (non-hydrogen) atoms. The monoisotopic (exact) mass is 237 g/mol. The summed E-state index contributed by atoms with van der Waals surface area (Å²) in [4.78, 5) is 20.4. The molecule has 1 N–H and O–H groups in total. The van der Waals surface area contributed by atoms with Gasteiger partial charge in [0.1, 0.15) is 19.1 Å². The number of nitro groups is 1. The summed E-state index contributed by atoms with van der Waals surface area (Å²) in [6.45, 7) is 0.112. The Morgan fingerprint density at radius 1 is 1.35 bits per heavy atom. The number of carboxylic acids is 1. The quantitative estimate of drug-likeness (QED) is 0.599. The minimum atomic E-state index is -1.08. The Morgan fingerprint density at radius 2 is 2.00 bits per heavy atom. The number of rotatable bonds is 4. The van der Waals surface area contributed by atoms with Gasteiger partial charge >= 0.3 is 11.7 Å². The third-order valence-electron chi connectivity index (χ3n) is 2.00. The van der Waals surface area contributed by atoms with Gasteiger partial charge in [0.05, 0.1) is 16.7 Å². The molecule has 88 valence electrons. The van der Waals surface area contributed by atoms with Crippen LogP contribution in [0, 0.1) is 10.1 Å². The molecular formula is C8H7N5O4. The highest BCUT2D eigenvalue weighted by atomic mass is 16.6. The van der Waals surface area contributed by atoms with Crippen molar-refractivity contribution >= 4 is 11.7 Å². The molecule has 0 saturated heterocycles. The molecule has 0 spiro atoms. The molecule has 0 atom stereocenters. The number of carboxylic acid groups (broad SMARTS) is 1. The van der Waals surface area contributed by atoms with Crippen molar-refractivity contribution < 1.29 is 14.8 Å². The zero-order valence-electron chi connectivity index (χ0n) is 8.42. The van der Waals surface area contributed by atoms with Gasteiger partial charge in [0.15, 0.2) is 0 Å². The van der Waals surface area contributed by atoms with Crippen LogP contribution in [0.5, 0.6) is 0 Å². The predicted octanol–water partition coefficient (Wildman–Crippen LogP) is 0.192. The number of carbonyl (C=O) groups is 1. The smallest absolute Gasteiger partial charge is 0.338 e. The molecule has 2 rings (SSSR count). The molecule has 0 saturated carbocycles. The molecule has 9 heteroatoms. The van der Waals surface area contributed by atoms with Crippen molar-refractivity contribution in [3.63, 3.8) is 0 Å². The molecule has 0 fully saturated rings. The summed E-state index contributed by atoms with van der Waals surface area (Å²) in [5, 5.41) is 26.6. The lowest BCUT2D eigenvalue weighted by Gasteiger charge is -1.99. The summed E-state index contributed by atoms with van der Waals surface area (Å²) in [6.07, 6.45) is 4.86. The largest absolute Gasteiger partial charge is 0.478 e. The van der Waals surface area contributed by atoms with Gasteiger partial charge in [-0.05, 0) is 0 Å². The van der Waals surface area contributed by atoms with Gasteiger partial charge in [-0.25, -0.2) is 9.48 Å². The van der Waals surface area contributed by atoms with Crippen LogP contribution in [0.1, 0.15) is 10.4 Å². The first-order valence-electron chi connectivity index (χ1n) is 4.49. The second-order valence-corrected chi connectivity index (χ2v) is 3.21. The minimum Gasteiger partial charge on any atom is -0.478 e. The molecule has 2 heterocycles. The van der Waals surface area contributed by atoms with E-state index in [0.29, 0.717) is 0 Å². The Morgan fingerprint density at radius 3 is 2.53 bits per heavy atom. The second-order valence-electron chi connectivity index (χ2n) is 3.21. The van der Waals surface area contributed by atoms with Gasteiger partial charge in [-0.2, -0.15) is 10.2 Å². The lowest BCUT2D eigenvalue weighted by atomic mass is 10.4. The van der Waals surface area contributed by atoms with E-state index >= 15 is 0 Å². The molecule has 0 aliphatic heterocycles. The first-order chi connectivity index (χ1) is 8.06. The van der Waals surface area contributed by atoms with E-state index in [9.17, 15) is 14.9 Å². The van der Waals surface area contributed by atoms with Crippen LogP contribution in [-0.2, 0) is 6.67 Å². The summed E-state index contributed by atoms with van der Waals surface area (Å²) >= 11 is 0. The lowest BCUT2D eigenvalue weighted by Crippen LogP contribution is -2.08. The van der Waals surface area contributed by atoms with Crippen LogP contribution < -0.4 is 0 Å². The van der Waals surface area contributed by atoms with Crippen molar-refractivity contribution in [2.45, 2.75) is 6.67 Å². The van der Waals surface area contributed by atoms with E-state index in [1.807, 2.05) is 0 Å². The highest BCUT2D eigenvalue weighted by molar-refractivity contribution is 5.86. The van der Waals surface area contributed by atoms with Gasteiger partial charge < -0.3 is 5.11 Å². The summed E-state index contributed by atoms with van der Waals surface area (Å²) in [6, 6.07) is 0. The molecule has 0 unspecified atom stereocenters. The minimum absolute atomic E-state index is 0.0478. The van der Waals surface area contributed by atoms with E-state index in [2.05, 4.69) is 10.2 Å². The molecule has 9 nitrogen and oxygen atoms in total. The fourth-order valence-electron chi connectivity index (χ4n) is 1.22. The lowest BCUT2D eigenvalue weighted by molar-refractivity contribution is -0.385. The van der Waals surface area contributed by atoms with Crippen LogP contribution in [0.15, 0.2) is 24.8 Å². The molecule has 0 aliphatic rings. The fourth-order valence-corrected chi connectivity index (χ4v) is 1.22. The fraction of sp³-hybridized carbons (Fsp3) is 0.125. The Hall–Kier alpha value is -2.71. The predicted molar refractivity (Wildman–Crippen MR) is 53.5 cm³/mol. The highest BCUT2D eigenvalue weighted by Crippen LogP contribution is 2.07. The molecule has 2 aromatic rings. The van der Waals surface area contributed by atoms with Gasteiger partial charge in [-0.15, -0.1) is 0 Å². The van der Waals surface area contributed by atoms with Gasteiger partial charge in [0.2, 0.25) is 0 Å². The number of aromatic nitrogens is 4. The number of aromatic carboxylic acids is 1. The first kappa shape index (κ1) is 10.8. The normalized spacial score (nSPS) is 10.4. The Kier molecular flexibility index (Phi) is 2.57. The zero-order valence-corrected chi connectivity index (χ0v) is 8.42. The van der Waals surface area contributed by atoms with E-state index < -0.39 is 10.9 Å². The van der Waals surface area contributed by atoms with Gasteiger partial charge in [-0.1, -0.05) is 0 Å². The van der Waals surface area contributed by atoms with Crippen molar-refractivity contribution in [3.8, 4) is 0 Å². The van der Waals surface area contributed by atoms with Crippen molar-refractivity contribution in [2.75, 3.05) is 0 Å². The average molecular weight is 237 g/mol. The zero-order chi connectivity index (χ0) is 12.4. The molecule has 0 bridgehead atoms. The second kappa shape index (κ2) is 4.04. The van der Waals surface area contributed by atoms with E-state index in [4.69, 9.17) is 5.11 Å². The van der Waals surface area contributed by atoms with Crippen LogP contribution in [0.2, 0.25) is 0 Å². The first-order valence-corrected chi connectivity index (χ1v) is 4.49. The van der Waals surface area contributed by atoms with Crippen LogP contribution in [-0.4, -0.2) is 35.6 Å². The van der Waals surface area contributed by atoms with Crippen molar-refractivity contribution in [1.29, 1.82) is 0 Å². The highest BCUT2D eigenvalue weighted by Gasteiger charge is 2.10. The topological polar surface area (TPSA) is 116 Å². The average Bonchev–Trinajstić information content (AvgIpc) is 2.87. The molecule has 0 aliphatic carbocycles. The summed E-state index contributed by atoms with van der Waals surface area (Å²) < 4.78 is 2.61. The van der Waals surface area contributed by atoms with E-state index in [0.717, 1.165) is 6.20 Å². The maximum atomic E-state index is 10.6. The SMILES string of the molecule is O=C(O)c1cnn(Cn2cc([N+](=O)[O-])cn2)c1. The molecule has 0 radical (unpaired) electrons. The Balaban J connectivity index is 2.13. The number of hydrogen-bond acceptors (Lipinski definition) is 5. The summed E-state index contributed by atoms with van der Waals surface area (Å²) in [5.74, 6) is -1.08. The number of nitrogens with zero attached hydrogens (tertiary/aromatic N) is 5. The Labute approximate surface area is 94.0 Å². The summed E-state index contributed by atoms with van der Waals surface area (Å²) in [5.41, 5.74) is -0.0812. The van der Waals surface area contributed by atoms with Crippen molar-refractivity contribution in [1.82, 2.24) is 19.6 Å². The van der Waals surface area contributed by atoms with E-state index in [-0.39, 0.29) is 17.9 Å². The van der Waals surface area contributed by atoms with Crippen LogP contribution >= 0.6 is 0 Å². The molecule has 0 amide bonds. The van der Waals surface area contributed by atoms with E-state index in [1.54, 1.807) is 0 Å². The maximum Gasteiger partial charge on any atom is 0.338 e. The van der Waals surface area contributed by atoms with Crippen molar-refractivity contribution in [3.05, 3.63) is 40.5 Å². The third-order valence-corrected chi connectivity index (χ3v) is 2.00. The van der Waals surface area contributed by atoms with Crippen molar-refractivity contribution in [2.24, 2.45) is 0 Å². The summed E-state index contributed by atoms with van der Waals surface area (Å²) in [7, 11) is 0. The van der Waals surface area contributed by atoms with Gasteiger partial charge in [0.25, 0.3) is 0 Å². The standard InChI is InChI=1S/C8H7N5O4/c14-8(15)6-1-9-11(3-6)5-12-4-7(2-10-12)13(16)17/h1-4H,5H2,(H,14,15). The third kappa shape index (κ3) is 2.27. The van der Waals surface area contributed by atoms with Crippen LogP contribution in [0.25, 0.3) is 0 Å². The molecular weight excluding hydrogens is 230 g/mol. The maximum absolute atomic E-state index is 10.6.